The number of hydrogen-bond acceptors (Lipinski definition) is 6. The predicted molar refractivity (Wildman–Crippen MR) is 200 cm³/mol. The van der Waals surface area contributed by atoms with Crippen LogP contribution in [0.3, 0.4) is 0 Å². The summed E-state index contributed by atoms with van der Waals surface area (Å²) >= 11 is 0. The van der Waals surface area contributed by atoms with E-state index in [9.17, 15) is 4.79 Å². The second-order valence-electron chi connectivity index (χ2n) is 15.4. The number of H-pyrrole nitrogens is 2. The summed E-state index contributed by atoms with van der Waals surface area (Å²) in [6, 6.07) is 17.4. The van der Waals surface area contributed by atoms with Crippen molar-refractivity contribution in [2.75, 3.05) is 32.7 Å². The van der Waals surface area contributed by atoms with Gasteiger partial charge in [-0.1, -0.05) is 103 Å². The molecular weight excluding hydrogens is 642 g/mol. The molecule has 0 bridgehead atoms. The zero-order valence-corrected chi connectivity index (χ0v) is 32.6. The van der Waals surface area contributed by atoms with Crippen molar-refractivity contribution in [3.8, 4) is 22.5 Å². The molecule has 2 aliphatic carbocycles. The molecule has 2 aliphatic heterocycles. The zero-order valence-electron chi connectivity index (χ0n) is 32.4. The van der Waals surface area contributed by atoms with Crippen LogP contribution in [-0.2, 0) is 15.6 Å². The summed E-state index contributed by atoms with van der Waals surface area (Å²) in [5, 5.41) is 21.6. The third-order valence-corrected chi connectivity index (χ3v) is 12.5. The van der Waals surface area contributed by atoms with Crippen LogP contribution in [0.4, 0.5) is 0 Å². The van der Waals surface area contributed by atoms with Gasteiger partial charge in [0.05, 0.1) is 18.3 Å². The van der Waals surface area contributed by atoms with Gasteiger partial charge in [-0.15, -0.1) is 0 Å². The van der Waals surface area contributed by atoms with Crippen molar-refractivity contribution in [1.82, 2.24) is 40.6 Å². The normalized spacial score (nSPS) is 27.1. The Kier molecular flexibility index (Phi) is 13.1. The molecule has 2 N–H and O–H groups in total. The van der Waals surface area contributed by atoms with Crippen molar-refractivity contribution in [3.05, 3.63) is 72.1 Å². The summed E-state index contributed by atoms with van der Waals surface area (Å²) in [6.45, 7) is 14.9. The van der Waals surface area contributed by atoms with Gasteiger partial charge in [-0.2, -0.15) is 30.8 Å². The number of fused-ring (bicyclic) bond motifs is 2. The SMILES string of the molecule is CCCCCCN1CC2C(C1)C2(C)c1cccc(-c2cn[nH]n2)c1.CCCCCCN1CC2C(C1=O)C2(C)c1cccc(-c2cn[nH]n2)c1.[Al].[H-].[Li+]. The second-order valence-corrected chi connectivity index (χ2v) is 15.4. The van der Waals surface area contributed by atoms with Crippen LogP contribution in [0.25, 0.3) is 22.5 Å². The van der Waals surface area contributed by atoms with Crippen LogP contribution in [0.2, 0.25) is 0 Å². The Morgan fingerprint density at radius 2 is 1.25 bits per heavy atom. The Morgan fingerprint density at radius 3 is 1.73 bits per heavy atom. The average molecular weight is 698 g/mol. The van der Waals surface area contributed by atoms with Crippen molar-refractivity contribution >= 4 is 23.3 Å². The zero-order chi connectivity index (χ0) is 34.0. The van der Waals surface area contributed by atoms with Crippen LogP contribution in [-0.4, -0.2) is 96.6 Å². The van der Waals surface area contributed by atoms with E-state index in [0.717, 1.165) is 48.3 Å². The van der Waals surface area contributed by atoms with Crippen molar-refractivity contribution in [1.29, 1.82) is 0 Å². The molecule has 5 unspecified atom stereocenters. The van der Waals surface area contributed by atoms with Gasteiger partial charge in [0, 0.05) is 65.5 Å². The van der Waals surface area contributed by atoms with E-state index in [1.807, 2.05) is 6.07 Å². The van der Waals surface area contributed by atoms with Gasteiger partial charge in [0.25, 0.3) is 0 Å². The summed E-state index contributed by atoms with van der Waals surface area (Å²) in [4.78, 5) is 17.6. The third-order valence-electron chi connectivity index (χ3n) is 12.5. The molecule has 4 aliphatic rings. The van der Waals surface area contributed by atoms with Gasteiger partial charge in [0.15, 0.2) is 0 Å². The van der Waals surface area contributed by atoms with Gasteiger partial charge in [-0.25, -0.2) is 0 Å². The molecule has 5 atom stereocenters. The van der Waals surface area contributed by atoms with Crippen molar-refractivity contribution < 1.29 is 25.1 Å². The second kappa shape index (κ2) is 17.0. The van der Waals surface area contributed by atoms with Gasteiger partial charge in [-0.05, 0) is 60.4 Å². The number of piperidine rings is 2. The molecule has 2 saturated heterocycles. The number of nitrogens with one attached hydrogen (secondary N) is 2. The minimum absolute atomic E-state index is 0. The number of aromatic amines is 2. The minimum atomic E-state index is -0.0171. The molecule has 8 rings (SSSR count). The molecule has 11 heteroatoms. The van der Waals surface area contributed by atoms with Crippen LogP contribution in [0.15, 0.2) is 60.9 Å². The molecule has 1 amide bonds. The molecule has 2 saturated carbocycles. The predicted octanol–water partition coefficient (Wildman–Crippen LogP) is 4.00. The molecule has 265 valence electrons. The molecule has 2 aromatic carbocycles. The van der Waals surface area contributed by atoms with Crippen molar-refractivity contribution in [2.45, 2.75) is 89.9 Å². The Hall–Kier alpha value is -2.72. The number of benzene rings is 2. The minimum Gasteiger partial charge on any atom is -1.00 e. The maximum atomic E-state index is 12.8. The van der Waals surface area contributed by atoms with E-state index in [0.29, 0.717) is 17.2 Å². The van der Waals surface area contributed by atoms with Crippen LogP contribution >= 0.6 is 0 Å². The number of rotatable bonds is 14. The smallest absolute Gasteiger partial charge is 1.00 e. The number of likely N-dealkylation sites (tertiary alicyclic amines) is 2. The number of amides is 1. The summed E-state index contributed by atoms with van der Waals surface area (Å²) in [7, 11) is 0. The molecule has 2 aromatic heterocycles. The fourth-order valence-electron chi connectivity index (χ4n) is 9.22. The van der Waals surface area contributed by atoms with Gasteiger partial charge >= 0.3 is 18.9 Å². The van der Waals surface area contributed by atoms with Crippen LogP contribution in [0.5, 0.6) is 0 Å². The van der Waals surface area contributed by atoms with Gasteiger partial charge in [0.1, 0.15) is 11.4 Å². The van der Waals surface area contributed by atoms with Crippen molar-refractivity contribution in [2.24, 2.45) is 23.7 Å². The maximum absolute atomic E-state index is 12.8. The Labute approximate surface area is 328 Å². The Bertz CT molecular complexity index is 1700. The van der Waals surface area contributed by atoms with Crippen molar-refractivity contribution in [3.63, 3.8) is 0 Å². The van der Waals surface area contributed by atoms with E-state index in [-0.39, 0.29) is 49.0 Å². The largest absolute Gasteiger partial charge is 1.00 e. The number of aromatic nitrogens is 6. The molecule has 0 spiro atoms. The standard InChI is InChI=1S/C20H26N4O.C20H28N4.Al.Li.H/c1-3-4-5-6-10-24-13-16-18(19(24)25)20(16,2)15-9-7-8-14(11-15)17-12-21-23-22-17;1-3-4-5-6-10-24-13-17-18(14-24)20(17,2)16-9-7-8-15(11-16)19-12-21-23-22-19;;;/h7-9,11-12,16,18H,3-6,10,13H2,1-2H3,(H,21,22,23);7-9,11-12,17-18H,3-6,10,13-14H2,1-2H3,(H,21,22,23);;;/q;;;+1;-1. The van der Waals surface area contributed by atoms with E-state index in [2.05, 4.69) is 111 Å². The summed E-state index contributed by atoms with van der Waals surface area (Å²) in [6.07, 6.45) is 13.9. The number of nitrogens with zero attached hydrogens (tertiary/aromatic N) is 6. The third kappa shape index (κ3) is 7.83. The molecule has 51 heavy (non-hydrogen) atoms. The van der Waals surface area contributed by atoms with Crippen LogP contribution in [0, 0.1) is 23.7 Å². The van der Waals surface area contributed by atoms with Gasteiger partial charge in [-0.3, -0.25) is 4.79 Å². The monoisotopic (exact) mass is 697 g/mol. The quantitative estimate of drug-likeness (QED) is 0.153. The van der Waals surface area contributed by atoms with E-state index in [1.54, 1.807) is 12.4 Å². The molecule has 4 heterocycles. The maximum Gasteiger partial charge on any atom is 1.00 e. The topological polar surface area (TPSA) is 107 Å². The summed E-state index contributed by atoms with van der Waals surface area (Å²) in [5.41, 5.74) is 7.08. The first-order valence-corrected chi connectivity index (χ1v) is 18.8. The first kappa shape index (κ1) is 39.5. The Morgan fingerprint density at radius 1 is 0.725 bits per heavy atom. The van der Waals surface area contributed by atoms with E-state index in [4.69, 9.17) is 0 Å². The molecule has 4 aromatic rings. The van der Waals surface area contributed by atoms with Crippen LogP contribution in [0.1, 0.15) is 91.6 Å². The summed E-state index contributed by atoms with van der Waals surface area (Å²) in [5.74, 6) is 2.63. The van der Waals surface area contributed by atoms with E-state index < -0.39 is 0 Å². The number of carbonyl (C=O) groups is 1. The summed E-state index contributed by atoms with van der Waals surface area (Å²) < 4.78 is 0. The number of unbranched alkanes of at least 4 members (excludes halogenated alkanes) is 6. The van der Waals surface area contributed by atoms with Crippen LogP contribution < -0.4 is 18.9 Å². The van der Waals surface area contributed by atoms with E-state index >= 15 is 0 Å². The number of hydrogen-bond donors (Lipinski definition) is 2. The van der Waals surface area contributed by atoms with Gasteiger partial charge < -0.3 is 11.2 Å². The molecule has 3 radical (unpaired) electrons. The molecule has 4 fully saturated rings. The molecule has 9 nitrogen and oxygen atoms in total. The Balaban J connectivity index is 0.000000220. The number of carbonyl (C=O) groups excluding carboxylic acids is 1. The average Bonchev–Trinajstić information content (AvgIpc) is 3.67. The van der Waals surface area contributed by atoms with E-state index in [1.165, 1.54) is 81.3 Å². The first-order valence-electron chi connectivity index (χ1n) is 18.8. The molecular formula is C40H55AlLiN8O. The fraction of sp³-hybridized carbons (Fsp3) is 0.575. The fourth-order valence-corrected chi connectivity index (χ4v) is 9.22. The van der Waals surface area contributed by atoms with Gasteiger partial charge in [0.2, 0.25) is 5.91 Å². The first-order chi connectivity index (χ1) is 23.9.